The van der Waals surface area contributed by atoms with Crippen LogP contribution in [0.2, 0.25) is 0 Å². The molecule has 2 unspecified atom stereocenters. The highest BCUT2D eigenvalue weighted by Gasteiger charge is 2.47. The maximum atomic E-state index is 14.0. The molecule has 2 radical (unpaired) electrons. The van der Waals surface area contributed by atoms with Crippen molar-refractivity contribution in [3.8, 4) is 0 Å². The van der Waals surface area contributed by atoms with E-state index in [0.717, 1.165) is 10.8 Å². The molecule has 1 aliphatic rings. The first-order chi connectivity index (χ1) is 9.19. The smallest absolute Gasteiger partial charge is 0.342 e. The molecule has 5 nitrogen and oxygen atoms in total. The van der Waals surface area contributed by atoms with Crippen molar-refractivity contribution >= 4 is 37.9 Å². The summed E-state index contributed by atoms with van der Waals surface area (Å²) in [5.74, 6) is 0. The first-order valence-corrected chi connectivity index (χ1v) is 9.74. The molecule has 1 aliphatic heterocycles. The maximum Gasteiger partial charge on any atom is 0.342 e. The first-order valence-electron chi connectivity index (χ1n) is 6.16. The van der Waals surface area contributed by atoms with Crippen molar-refractivity contribution in [2.75, 3.05) is 6.61 Å². The first kappa shape index (κ1) is 18.8. The molecule has 6 atom stereocenters. The van der Waals surface area contributed by atoms with Crippen LogP contribution in [0.5, 0.6) is 0 Å². The van der Waals surface area contributed by atoms with Gasteiger partial charge < -0.3 is 14.4 Å². The van der Waals surface area contributed by atoms with Crippen LogP contribution in [0.25, 0.3) is 0 Å². The summed E-state index contributed by atoms with van der Waals surface area (Å²) >= 11 is 3.87. The van der Waals surface area contributed by atoms with E-state index in [1.165, 1.54) is 6.92 Å². The minimum atomic E-state index is -4.03. The van der Waals surface area contributed by atoms with Crippen molar-refractivity contribution in [1.82, 2.24) is 0 Å². The van der Waals surface area contributed by atoms with Crippen LogP contribution in [-0.4, -0.2) is 54.8 Å². The number of ether oxygens (including phenoxy) is 2. The van der Waals surface area contributed by atoms with Gasteiger partial charge in [0.25, 0.3) is 0 Å². The normalized spacial score (nSPS) is 35.1. The Kier molecular flexibility index (Phi) is 7.39. The third-order valence-corrected chi connectivity index (χ3v) is 7.14. The summed E-state index contributed by atoms with van der Waals surface area (Å²) in [6.45, 7) is 5.14. The van der Waals surface area contributed by atoms with Crippen molar-refractivity contribution in [1.29, 1.82) is 0 Å². The zero-order chi connectivity index (χ0) is 15.5. The van der Waals surface area contributed by atoms with E-state index in [2.05, 4.69) is 11.7 Å². The van der Waals surface area contributed by atoms with E-state index in [-0.39, 0.29) is 12.7 Å². The molecule has 20 heavy (non-hydrogen) atoms. The number of hydrogen-bond acceptors (Lipinski definition) is 6. The predicted molar refractivity (Wildman–Crippen MR) is 81.1 cm³/mol. The highest BCUT2D eigenvalue weighted by molar-refractivity contribution is 8.69. The van der Waals surface area contributed by atoms with Gasteiger partial charge in [0, 0.05) is 0 Å². The van der Waals surface area contributed by atoms with Gasteiger partial charge in [-0.15, -0.1) is 11.7 Å². The Morgan fingerprint density at radius 1 is 1.55 bits per heavy atom. The van der Waals surface area contributed by atoms with Crippen LogP contribution in [0.1, 0.15) is 20.8 Å². The molecular formula is C10H19BFO5PS2. The van der Waals surface area contributed by atoms with Crippen LogP contribution >= 0.6 is 30.1 Å². The van der Waals surface area contributed by atoms with Crippen LogP contribution in [0.3, 0.4) is 0 Å². The van der Waals surface area contributed by atoms with E-state index in [1.807, 2.05) is 13.8 Å². The van der Waals surface area contributed by atoms with Crippen molar-refractivity contribution in [2.24, 2.45) is 0 Å². The third kappa shape index (κ3) is 4.90. The molecule has 0 spiro atoms. The second kappa shape index (κ2) is 7.86. The van der Waals surface area contributed by atoms with Crippen LogP contribution in [0.4, 0.5) is 4.39 Å². The molecule has 0 aromatic carbocycles. The lowest BCUT2D eigenvalue weighted by Crippen LogP contribution is -2.35. The quantitative estimate of drug-likeness (QED) is 0.319. The molecule has 0 bridgehead atoms. The molecule has 0 saturated carbocycles. The van der Waals surface area contributed by atoms with Gasteiger partial charge in [-0.1, -0.05) is 10.8 Å². The standard InChI is InChI=1S/C10H19BFO5PS2/c1-5(2)15-4-7-9(8(12)10(11)16-7)17-18(13,14)6(3)20-19/h5-10,19H,4H2,1-3H3,(H,13,14)/t6?,7-,8-,9-,10-/m1/s1. The van der Waals surface area contributed by atoms with Crippen molar-refractivity contribution < 1.29 is 27.8 Å². The van der Waals surface area contributed by atoms with E-state index in [0.29, 0.717) is 0 Å². The minimum absolute atomic E-state index is 0.0405. The molecule has 1 heterocycles. The minimum Gasteiger partial charge on any atom is -0.376 e. The lowest BCUT2D eigenvalue weighted by atomic mass is 9.94. The van der Waals surface area contributed by atoms with Crippen LogP contribution in [-0.2, 0) is 18.6 Å². The van der Waals surface area contributed by atoms with Crippen LogP contribution in [0, 0.1) is 0 Å². The molecule has 116 valence electrons. The summed E-state index contributed by atoms with van der Waals surface area (Å²) in [6, 6.07) is -1.19. The van der Waals surface area contributed by atoms with E-state index in [9.17, 15) is 13.8 Å². The fraction of sp³-hybridized carbons (Fsp3) is 1.00. The fourth-order valence-electron chi connectivity index (χ4n) is 1.61. The van der Waals surface area contributed by atoms with Gasteiger partial charge in [-0.3, -0.25) is 9.09 Å². The van der Waals surface area contributed by atoms with Crippen LogP contribution in [0.15, 0.2) is 0 Å². The average Bonchev–Trinajstić information content (AvgIpc) is 2.62. The van der Waals surface area contributed by atoms with Gasteiger partial charge in [0.1, 0.15) is 31.2 Å². The molecule has 1 rings (SSSR count). The topological polar surface area (TPSA) is 65.0 Å². The Labute approximate surface area is 129 Å². The van der Waals surface area contributed by atoms with Crippen molar-refractivity contribution in [3.05, 3.63) is 0 Å². The van der Waals surface area contributed by atoms with Gasteiger partial charge in [-0.25, -0.2) is 4.39 Å². The number of alkyl halides is 1. The molecule has 0 aromatic rings. The third-order valence-electron chi connectivity index (χ3n) is 2.80. The van der Waals surface area contributed by atoms with Crippen molar-refractivity contribution in [2.45, 2.75) is 56.2 Å². The number of thiol groups is 1. The Balaban J connectivity index is 2.74. The molecule has 1 fully saturated rings. The van der Waals surface area contributed by atoms with Gasteiger partial charge >= 0.3 is 7.60 Å². The number of rotatable bonds is 7. The van der Waals surface area contributed by atoms with E-state index >= 15 is 0 Å². The highest BCUT2D eigenvalue weighted by atomic mass is 33.1. The molecular weight excluding hydrogens is 325 g/mol. The molecule has 0 amide bonds. The zero-order valence-electron chi connectivity index (χ0n) is 11.5. The predicted octanol–water partition coefficient (Wildman–Crippen LogP) is 2.14. The Bertz CT molecular complexity index is 365. The van der Waals surface area contributed by atoms with Crippen molar-refractivity contribution in [3.63, 3.8) is 0 Å². The number of halogens is 1. The SMILES string of the molecule is [B][C@@H]1O[C@H](COC(C)C)[C@@H](OP(=O)(O)C(C)SS)[C@H]1F. The molecule has 1 N–H and O–H groups in total. The zero-order valence-corrected chi connectivity index (χ0v) is 14.1. The molecule has 10 heteroatoms. The molecule has 0 aromatic heterocycles. The summed E-state index contributed by atoms with van der Waals surface area (Å²) in [4.78, 5) is 9.01. The van der Waals surface area contributed by atoms with E-state index < -0.39 is 37.0 Å². The monoisotopic (exact) mass is 344 g/mol. The summed E-state index contributed by atoms with van der Waals surface area (Å²) < 4.78 is 41.5. The summed E-state index contributed by atoms with van der Waals surface area (Å²) in [7, 11) is 2.31. The Morgan fingerprint density at radius 2 is 2.15 bits per heavy atom. The van der Waals surface area contributed by atoms with Crippen LogP contribution < -0.4 is 0 Å². The van der Waals surface area contributed by atoms with E-state index in [4.69, 9.17) is 21.8 Å². The Morgan fingerprint density at radius 3 is 2.65 bits per heavy atom. The van der Waals surface area contributed by atoms with Gasteiger partial charge in [0.15, 0.2) is 0 Å². The highest BCUT2D eigenvalue weighted by Crippen LogP contribution is 2.55. The number of hydrogen-bond donors (Lipinski definition) is 2. The van der Waals surface area contributed by atoms with Gasteiger partial charge in [-0.2, -0.15) is 0 Å². The average molecular weight is 344 g/mol. The summed E-state index contributed by atoms with van der Waals surface area (Å²) in [5, 5.41) is 0. The maximum absolute atomic E-state index is 14.0. The summed E-state index contributed by atoms with van der Waals surface area (Å²) in [5.41, 5.74) is 0. The van der Waals surface area contributed by atoms with Gasteiger partial charge in [0.2, 0.25) is 0 Å². The summed E-state index contributed by atoms with van der Waals surface area (Å²) in [6.07, 6.45) is -3.82. The Hall–Kier alpha value is 0.765. The molecule has 1 saturated heterocycles. The second-order valence-electron chi connectivity index (χ2n) is 4.80. The fourth-order valence-corrected chi connectivity index (χ4v) is 4.08. The van der Waals surface area contributed by atoms with E-state index in [1.54, 1.807) is 0 Å². The molecule has 0 aliphatic carbocycles. The largest absolute Gasteiger partial charge is 0.376 e. The van der Waals surface area contributed by atoms with Gasteiger partial charge in [-0.05, 0) is 20.8 Å². The second-order valence-corrected chi connectivity index (χ2v) is 8.82. The lowest BCUT2D eigenvalue weighted by Gasteiger charge is -2.25. The van der Waals surface area contributed by atoms with Gasteiger partial charge in [0.05, 0.1) is 18.7 Å². The lowest BCUT2D eigenvalue weighted by molar-refractivity contribution is -0.0436.